The maximum atomic E-state index is 11.7. The van der Waals surface area contributed by atoms with Crippen LogP contribution in [-0.2, 0) is 27.7 Å². The summed E-state index contributed by atoms with van der Waals surface area (Å²) in [7, 11) is -3.81. The van der Waals surface area contributed by atoms with Crippen molar-refractivity contribution in [2.24, 2.45) is 5.14 Å². The predicted octanol–water partition coefficient (Wildman–Crippen LogP) is 4.32. The fourth-order valence-electron chi connectivity index (χ4n) is 3.92. The Morgan fingerprint density at radius 3 is 2.65 bits per heavy atom. The second-order valence-corrected chi connectivity index (χ2v) is 10.7. The van der Waals surface area contributed by atoms with Crippen molar-refractivity contribution < 1.29 is 13.2 Å². The van der Waals surface area contributed by atoms with Crippen LogP contribution in [0.15, 0.2) is 65.7 Å². The van der Waals surface area contributed by atoms with Crippen molar-refractivity contribution in [2.45, 2.75) is 24.7 Å². The van der Waals surface area contributed by atoms with Crippen molar-refractivity contribution in [2.75, 3.05) is 10.6 Å². The second-order valence-electron chi connectivity index (χ2n) is 7.97. The molecule has 8 nitrogen and oxygen atoms in total. The van der Waals surface area contributed by atoms with Crippen LogP contribution in [0, 0.1) is 0 Å². The highest BCUT2D eigenvalue weighted by Gasteiger charge is 2.22. The normalized spacial score (nSPS) is 12.5. The molecule has 4 N–H and O–H groups in total. The minimum Gasteiger partial charge on any atom is -0.326 e. The molecule has 0 fully saturated rings. The van der Waals surface area contributed by atoms with Gasteiger partial charge in [-0.2, -0.15) is 0 Å². The van der Waals surface area contributed by atoms with Gasteiger partial charge in [0.2, 0.25) is 21.9 Å². The number of sulfonamides is 1. The number of anilines is 3. The van der Waals surface area contributed by atoms with Gasteiger partial charge in [0.15, 0.2) is 0 Å². The zero-order chi connectivity index (χ0) is 23.9. The summed E-state index contributed by atoms with van der Waals surface area (Å²) in [5, 5.41) is 11.2. The van der Waals surface area contributed by atoms with Gasteiger partial charge in [0.25, 0.3) is 0 Å². The van der Waals surface area contributed by atoms with Gasteiger partial charge in [0.05, 0.1) is 10.6 Å². The van der Waals surface area contributed by atoms with E-state index in [1.807, 2.05) is 30.5 Å². The van der Waals surface area contributed by atoms with Crippen LogP contribution in [0.25, 0.3) is 21.7 Å². The monoisotopic (exact) mass is 491 g/mol. The molecular weight excluding hydrogens is 470 g/mol. The summed E-state index contributed by atoms with van der Waals surface area (Å²) in [6.45, 7) is 1.49. The molecule has 0 unspecified atom stereocenters. The van der Waals surface area contributed by atoms with E-state index in [0.717, 1.165) is 45.8 Å². The third-order valence-corrected chi connectivity index (χ3v) is 7.59. The zero-order valence-corrected chi connectivity index (χ0v) is 19.8. The Balaban J connectivity index is 1.47. The van der Waals surface area contributed by atoms with Gasteiger partial charge in [-0.25, -0.2) is 23.5 Å². The van der Waals surface area contributed by atoms with E-state index < -0.39 is 10.0 Å². The summed E-state index contributed by atoms with van der Waals surface area (Å²) < 4.78 is 23.3. The summed E-state index contributed by atoms with van der Waals surface area (Å²) >= 11 is 1.72. The topological polar surface area (TPSA) is 127 Å². The number of thiophene rings is 1. The number of nitrogens with zero attached hydrogens (tertiary/aromatic N) is 2. The quantitative estimate of drug-likeness (QED) is 0.382. The lowest BCUT2D eigenvalue weighted by Gasteiger charge is -2.16. The third kappa shape index (κ3) is 4.56. The molecule has 1 amide bonds. The van der Waals surface area contributed by atoms with Gasteiger partial charge in [-0.3, -0.25) is 4.79 Å². The van der Waals surface area contributed by atoms with Crippen molar-refractivity contribution in [1.29, 1.82) is 0 Å². The fraction of sp³-hybridized carbons (Fsp3) is 0.125. The van der Waals surface area contributed by atoms with Crippen LogP contribution in [0.1, 0.15) is 17.4 Å². The summed E-state index contributed by atoms with van der Waals surface area (Å²) in [4.78, 5) is 22.9. The molecule has 4 aromatic rings. The lowest BCUT2D eigenvalue weighted by Crippen LogP contribution is -2.12. The molecule has 2 aromatic heterocycles. The highest BCUT2D eigenvalue weighted by atomic mass is 32.2. The van der Waals surface area contributed by atoms with Gasteiger partial charge in [-0.15, -0.1) is 11.3 Å². The summed E-state index contributed by atoms with van der Waals surface area (Å²) in [5.74, 6) is 0.265. The number of aryl methyl sites for hydroxylation is 2. The minimum absolute atomic E-state index is 0.0155. The highest BCUT2D eigenvalue weighted by Crippen LogP contribution is 2.42. The highest BCUT2D eigenvalue weighted by molar-refractivity contribution is 7.89. The Labute approximate surface area is 200 Å². The second kappa shape index (κ2) is 8.64. The van der Waals surface area contributed by atoms with Crippen molar-refractivity contribution in [1.82, 2.24) is 9.97 Å². The zero-order valence-electron chi connectivity index (χ0n) is 18.2. The Kier molecular flexibility index (Phi) is 5.64. The van der Waals surface area contributed by atoms with Gasteiger partial charge >= 0.3 is 0 Å². The average Bonchev–Trinajstić information content (AvgIpc) is 3.24. The average molecular weight is 492 g/mol. The first-order valence-corrected chi connectivity index (χ1v) is 12.9. The maximum absolute atomic E-state index is 11.7. The summed E-state index contributed by atoms with van der Waals surface area (Å²) in [5.41, 5.74) is 5.31. The Hall–Kier alpha value is -3.60. The molecule has 0 atom stereocenters. The van der Waals surface area contributed by atoms with Crippen LogP contribution in [-0.4, -0.2) is 24.3 Å². The standard InChI is InChI=1S/C24H21N5O3S2/c1-14(30)27-17-5-2-4-15(10-17)22-12-20-21(33-22)9-8-16-13-26-24(29-23(16)20)28-18-6-3-7-19(11-18)34(25,31)32/h2-7,10-13H,8-9H2,1H3,(H,27,30)(H2,25,31,32)(H,26,28,29). The fourth-order valence-corrected chi connectivity index (χ4v) is 5.64. The molecule has 1 aliphatic rings. The van der Waals surface area contributed by atoms with Crippen molar-refractivity contribution >= 4 is 44.6 Å². The number of nitrogens with two attached hydrogens (primary N) is 1. The van der Waals surface area contributed by atoms with E-state index in [4.69, 9.17) is 10.1 Å². The molecule has 0 saturated carbocycles. The number of hydrogen-bond acceptors (Lipinski definition) is 7. The molecule has 2 heterocycles. The number of benzene rings is 2. The van der Waals surface area contributed by atoms with Crippen molar-refractivity contribution in [3.63, 3.8) is 0 Å². The Bertz CT molecular complexity index is 1530. The summed E-state index contributed by atoms with van der Waals surface area (Å²) in [6, 6.07) is 16.1. The lowest BCUT2D eigenvalue weighted by atomic mass is 9.96. The number of carbonyl (C=O) groups is 1. The number of primary sulfonamides is 1. The molecule has 0 spiro atoms. The van der Waals surface area contributed by atoms with E-state index in [1.165, 1.54) is 23.9 Å². The molecule has 1 aliphatic carbocycles. The number of rotatable bonds is 5. The van der Waals surface area contributed by atoms with Crippen molar-refractivity contribution in [3.05, 3.63) is 71.2 Å². The minimum atomic E-state index is -3.81. The van der Waals surface area contributed by atoms with E-state index in [0.29, 0.717) is 11.6 Å². The van der Waals surface area contributed by atoms with Crippen LogP contribution in [0.3, 0.4) is 0 Å². The number of fused-ring (bicyclic) bond motifs is 3. The largest absolute Gasteiger partial charge is 0.326 e. The summed E-state index contributed by atoms with van der Waals surface area (Å²) in [6.07, 6.45) is 3.56. The van der Waals surface area contributed by atoms with Crippen LogP contribution in [0.4, 0.5) is 17.3 Å². The predicted molar refractivity (Wildman–Crippen MR) is 134 cm³/mol. The smallest absolute Gasteiger partial charge is 0.238 e. The molecule has 0 radical (unpaired) electrons. The van der Waals surface area contributed by atoms with E-state index in [-0.39, 0.29) is 10.8 Å². The molecule has 2 aromatic carbocycles. The molecule has 10 heteroatoms. The SMILES string of the molecule is CC(=O)Nc1cccc(-c2cc3c(s2)CCc2cnc(Nc4cccc(S(N)(=O)=O)c4)nc2-3)c1. The first-order valence-electron chi connectivity index (χ1n) is 10.5. The van der Waals surface area contributed by atoms with Gasteiger partial charge < -0.3 is 10.6 Å². The van der Waals surface area contributed by atoms with Gasteiger partial charge in [0, 0.05) is 39.8 Å². The van der Waals surface area contributed by atoms with E-state index in [1.54, 1.807) is 23.5 Å². The van der Waals surface area contributed by atoms with Crippen LogP contribution < -0.4 is 15.8 Å². The number of amides is 1. The first kappa shape index (κ1) is 22.2. The lowest BCUT2D eigenvalue weighted by molar-refractivity contribution is -0.114. The molecule has 0 saturated heterocycles. The molecular formula is C24H21N5O3S2. The van der Waals surface area contributed by atoms with E-state index in [2.05, 4.69) is 21.7 Å². The number of hydrogen-bond donors (Lipinski definition) is 3. The number of aromatic nitrogens is 2. The molecule has 0 bridgehead atoms. The number of carbonyl (C=O) groups excluding carboxylic acids is 1. The van der Waals surface area contributed by atoms with Gasteiger partial charge in [-0.1, -0.05) is 18.2 Å². The molecule has 5 rings (SSSR count). The Morgan fingerprint density at radius 2 is 1.85 bits per heavy atom. The van der Waals surface area contributed by atoms with Crippen LogP contribution in [0.2, 0.25) is 0 Å². The first-order chi connectivity index (χ1) is 16.3. The van der Waals surface area contributed by atoms with Crippen LogP contribution >= 0.6 is 11.3 Å². The molecule has 34 heavy (non-hydrogen) atoms. The van der Waals surface area contributed by atoms with E-state index >= 15 is 0 Å². The van der Waals surface area contributed by atoms with E-state index in [9.17, 15) is 13.2 Å². The third-order valence-electron chi connectivity index (χ3n) is 5.44. The molecule has 0 aliphatic heterocycles. The van der Waals surface area contributed by atoms with Crippen molar-refractivity contribution in [3.8, 4) is 21.7 Å². The molecule has 172 valence electrons. The Morgan fingerprint density at radius 1 is 1.06 bits per heavy atom. The van der Waals surface area contributed by atoms with Gasteiger partial charge in [-0.05, 0) is 60.4 Å². The maximum Gasteiger partial charge on any atom is 0.238 e. The number of nitrogens with one attached hydrogen (secondary N) is 2. The van der Waals surface area contributed by atoms with Crippen LogP contribution in [0.5, 0.6) is 0 Å². The van der Waals surface area contributed by atoms with Gasteiger partial charge in [0.1, 0.15) is 0 Å².